The number of nitrogens with one attached hydrogen (secondary N) is 3. The molecule has 1 amide bonds. The Bertz CT molecular complexity index is 880. The predicted octanol–water partition coefficient (Wildman–Crippen LogP) is 3.73. The lowest BCUT2D eigenvalue weighted by Gasteiger charge is -2.12. The van der Waals surface area contributed by atoms with Gasteiger partial charge in [0, 0.05) is 24.0 Å². The van der Waals surface area contributed by atoms with Gasteiger partial charge in [-0.05, 0) is 57.4 Å². The second-order valence-electron chi connectivity index (χ2n) is 6.60. The van der Waals surface area contributed by atoms with Crippen LogP contribution in [0.25, 0.3) is 5.57 Å². The van der Waals surface area contributed by atoms with Gasteiger partial charge in [-0.25, -0.2) is 8.78 Å². The first kappa shape index (κ1) is 18.8. The number of fused-ring (bicyclic) bond motifs is 1. The van der Waals surface area contributed by atoms with Gasteiger partial charge in [-0.2, -0.15) is 0 Å². The van der Waals surface area contributed by atoms with Crippen LogP contribution >= 0.6 is 0 Å². The largest absolute Gasteiger partial charge is 0.383 e. The van der Waals surface area contributed by atoms with Crippen molar-refractivity contribution in [3.8, 4) is 0 Å². The molecule has 1 heterocycles. The van der Waals surface area contributed by atoms with Crippen molar-refractivity contribution in [2.45, 2.75) is 6.42 Å². The van der Waals surface area contributed by atoms with Gasteiger partial charge < -0.3 is 20.9 Å². The van der Waals surface area contributed by atoms with Gasteiger partial charge in [-0.1, -0.05) is 6.07 Å². The molecule has 0 aliphatic carbocycles. The standard InChI is InChI=1S/C20H22F2N4O/c1-26(2)10-4-9-23-17-8-7-13(11-16(17)22)24-12-14-19-15(21)5-3-6-18(19)25-20(14)27/h3,5-8,11-12,23-24H,4,9-10H2,1-2H3,(H,25,27)/b14-12-. The summed E-state index contributed by atoms with van der Waals surface area (Å²) in [6.45, 7) is 1.59. The summed E-state index contributed by atoms with van der Waals surface area (Å²) < 4.78 is 28.3. The lowest BCUT2D eigenvalue weighted by Crippen LogP contribution is -2.16. The topological polar surface area (TPSA) is 56.4 Å². The molecule has 27 heavy (non-hydrogen) atoms. The Morgan fingerprint density at radius 1 is 1.15 bits per heavy atom. The average molecular weight is 372 g/mol. The summed E-state index contributed by atoms with van der Waals surface area (Å²) in [6, 6.07) is 9.13. The van der Waals surface area contributed by atoms with E-state index in [1.54, 1.807) is 18.2 Å². The van der Waals surface area contributed by atoms with Gasteiger partial charge in [0.2, 0.25) is 0 Å². The van der Waals surface area contributed by atoms with Crippen molar-refractivity contribution in [2.75, 3.05) is 43.1 Å². The molecule has 0 radical (unpaired) electrons. The Balaban J connectivity index is 1.68. The molecule has 0 unspecified atom stereocenters. The Labute approximate surface area is 157 Å². The third kappa shape index (κ3) is 4.43. The zero-order valence-corrected chi connectivity index (χ0v) is 15.3. The van der Waals surface area contributed by atoms with Crippen LogP contribution in [0.3, 0.4) is 0 Å². The molecule has 3 rings (SSSR count). The number of halogens is 2. The predicted molar refractivity (Wildman–Crippen MR) is 105 cm³/mol. The molecule has 2 aromatic carbocycles. The van der Waals surface area contributed by atoms with Crippen LogP contribution in [0.4, 0.5) is 25.8 Å². The second-order valence-corrected chi connectivity index (χ2v) is 6.60. The fourth-order valence-electron chi connectivity index (χ4n) is 2.87. The number of anilines is 3. The summed E-state index contributed by atoms with van der Waals surface area (Å²) in [4.78, 5) is 14.1. The Morgan fingerprint density at radius 3 is 2.70 bits per heavy atom. The van der Waals surface area contributed by atoms with E-state index in [9.17, 15) is 13.6 Å². The van der Waals surface area contributed by atoms with Gasteiger partial charge in [0.25, 0.3) is 5.91 Å². The third-order valence-corrected chi connectivity index (χ3v) is 4.23. The first-order valence-electron chi connectivity index (χ1n) is 8.71. The van der Waals surface area contributed by atoms with Crippen LogP contribution in [-0.2, 0) is 4.79 Å². The van der Waals surface area contributed by atoms with Crippen molar-refractivity contribution in [2.24, 2.45) is 0 Å². The quantitative estimate of drug-likeness (QED) is 0.512. The van der Waals surface area contributed by atoms with E-state index in [2.05, 4.69) is 20.9 Å². The van der Waals surface area contributed by atoms with Crippen molar-refractivity contribution in [1.82, 2.24) is 4.90 Å². The molecule has 7 heteroatoms. The lowest BCUT2D eigenvalue weighted by atomic mass is 10.1. The number of rotatable bonds is 7. The van der Waals surface area contributed by atoms with Gasteiger partial charge in [-0.3, -0.25) is 4.79 Å². The molecule has 0 bridgehead atoms. The maximum absolute atomic E-state index is 14.2. The van der Waals surface area contributed by atoms with Crippen LogP contribution < -0.4 is 16.0 Å². The first-order valence-corrected chi connectivity index (χ1v) is 8.71. The summed E-state index contributed by atoms with van der Waals surface area (Å²) in [5.41, 5.74) is 1.71. The number of nitrogens with zero attached hydrogens (tertiary/aromatic N) is 1. The maximum Gasteiger partial charge on any atom is 0.257 e. The van der Waals surface area contributed by atoms with E-state index in [-0.39, 0.29) is 11.1 Å². The van der Waals surface area contributed by atoms with Crippen molar-refractivity contribution >= 4 is 28.5 Å². The van der Waals surface area contributed by atoms with E-state index in [0.29, 0.717) is 23.6 Å². The third-order valence-electron chi connectivity index (χ3n) is 4.23. The highest BCUT2D eigenvalue weighted by Crippen LogP contribution is 2.33. The highest BCUT2D eigenvalue weighted by Gasteiger charge is 2.27. The monoisotopic (exact) mass is 372 g/mol. The normalized spacial score (nSPS) is 14.4. The summed E-state index contributed by atoms with van der Waals surface area (Å²) in [5.74, 6) is -1.28. The summed E-state index contributed by atoms with van der Waals surface area (Å²) in [6.07, 6.45) is 2.29. The van der Waals surface area contributed by atoms with E-state index in [1.165, 1.54) is 24.4 Å². The van der Waals surface area contributed by atoms with Crippen LogP contribution in [-0.4, -0.2) is 38.0 Å². The van der Waals surface area contributed by atoms with Crippen molar-refractivity contribution in [3.63, 3.8) is 0 Å². The molecule has 0 saturated heterocycles. The van der Waals surface area contributed by atoms with Crippen LogP contribution in [0.15, 0.2) is 42.6 Å². The molecule has 5 nitrogen and oxygen atoms in total. The molecule has 1 aliphatic rings. The van der Waals surface area contributed by atoms with Crippen molar-refractivity contribution in [1.29, 1.82) is 0 Å². The van der Waals surface area contributed by atoms with Crippen LogP contribution in [0.2, 0.25) is 0 Å². The molecular formula is C20H22F2N4O. The van der Waals surface area contributed by atoms with E-state index < -0.39 is 17.5 Å². The van der Waals surface area contributed by atoms with Crippen molar-refractivity contribution in [3.05, 3.63) is 59.8 Å². The van der Waals surface area contributed by atoms with Gasteiger partial charge >= 0.3 is 0 Å². The van der Waals surface area contributed by atoms with E-state index in [0.717, 1.165) is 13.0 Å². The molecule has 0 aromatic heterocycles. The number of amides is 1. The minimum atomic E-state index is -0.484. The zero-order valence-electron chi connectivity index (χ0n) is 15.3. The van der Waals surface area contributed by atoms with Crippen LogP contribution in [0.1, 0.15) is 12.0 Å². The van der Waals surface area contributed by atoms with Crippen molar-refractivity contribution < 1.29 is 13.6 Å². The van der Waals surface area contributed by atoms with Gasteiger partial charge in [-0.15, -0.1) is 0 Å². The fourth-order valence-corrected chi connectivity index (χ4v) is 2.87. The van der Waals surface area contributed by atoms with Gasteiger partial charge in [0.15, 0.2) is 0 Å². The fraction of sp³-hybridized carbons (Fsp3) is 0.250. The smallest absolute Gasteiger partial charge is 0.257 e. The minimum Gasteiger partial charge on any atom is -0.383 e. The maximum atomic E-state index is 14.2. The molecule has 1 aliphatic heterocycles. The summed E-state index contributed by atoms with van der Waals surface area (Å²) >= 11 is 0. The molecule has 0 spiro atoms. The summed E-state index contributed by atoms with van der Waals surface area (Å²) in [7, 11) is 3.98. The number of hydrogen-bond acceptors (Lipinski definition) is 4. The molecule has 2 aromatic rings. The molecular weight excluding hydrogens is 350 g/mol. The SMILES string of the molecule is CN(C)CCCNc1ccc(N/C=C2\C(=O)Nc3cccc(F)c32)cc1F. The molecule has 0 fully saturated rings. The minimum absolute atomic E-state index is 0.175. The zero-order chi connectivity index (χ0) is 19.4. The number of carbonyl (C=O) groups is 1. The molecule has 0 atom stereocenters. The average Bonchev–Trinajstić information content (AvgIpc) is 2.94. The number of carbonyl (C=O) groups excluding carboxylic acids is 1. The Morgan fingerprint density at radius 2 is 1.96 bits per heavy atom. The highest BCUT2D eigenvalue weighted by atomic mass is 19.1. The first-order chi connectivity index (χ1) is 13.0. The van der Waals surface area contributed by atoms with Crippen LogP contribution in [0, 0.1) is 11.6 Å². The Hall–Kier alpha value is -2.93. The number of hydrogen-bond donors (Lipinski definition) is 3. The highest BCUT2D eigenvalue weighted by molar-refractivity contribution is 6.31. The van der Waals surface area contributed by atoms with Crippen LogP contribution in [0.5, 0.6) is 0 Å². The molecule has 142 valence electrons. The van der Waals surface area contributed by atoms with E-state index in [1.807, 2.05) is 14.1 Å². The number of benzene rings is 2. The van der Waals surface area contributed by atoms with Gasteiger partial charge in [0.05, 0.1) is 16.9 Å². The van der Waals surface area contributed by atoms with E-state index >= 15 is 0 Å². The molecule has 3 N–H and O–H groups in total. The lowest BCUT2D eigenvalue weighted by molar-refractivity contribution is -0.110. The second kappa shape index (κ2) is 8.18. The van der Waals surface area contributed by atoms with E-state index in [4.69, 9.17) is 0 Å². The molecule has 0 saturated carbocycles. The summed E-state index contributed by atoms with van der Waals surface area (Å²) in [5, 5.41) is 8.54. The Kier molecular flexibility index (Phi) is 5.71. The van der Waals surface area contributed by atoms with Gasteiger partial charge in [0.1, 0.15) is 11.6 Å².